The number of nitrogens with two attached hydrogens (primary N) is 1. The van der Waals surface area contributed by atoms with Crippen molar-refractivity contribution in [3.05, 3.63) is 35.5 Å². The normalized spacial score (nSPS) is 11.8. The number of pyridine rings is 1. The fourth-order valence-corrected chi connectivity index (χ4v) is 2.26. The molecule has 0 aliphatic rings. The molecule has 3 nitrogen and oxygen atoms in total. The van der Waals surface area contributed by atoms with Crippen LogP contribution in [-0.2, 0) is 6.42 Å². The predicted octanol–water partition coefficient (Wildman–Crippen LogP) is 3.22. The number of aromatic nitrogens is 1. The molecule has 2 aromatic rings. The molecule has 0 amide bonds. The van der Waals surface area contributed by atoms with Crippen LogP contribution in [0.4, 0.5) is 0 Å². The third-order valence-electron chi connectivity index (χ3n) is 2.99. The second-order valence-electron chi connectivity index (χ2n) is 5.71. The first kappa shape index (κ1) is 13.8. The summed E-state index contributed by atoms with van der Waals surface area (Å²) in [6.45, 7) is 8.81. The zero-order chi connectivity index (χ0) is 14.0. The van der Waals surface area contributed by atoms with E-state index in [2.05, 4.69) is 24.0 Å². The van der Waals surface area contributed by atoms with Crippen molar-refractivity contribution in [2.24, 2.45) is 5.73 Å². The van der Waals surface area contributed by atoms with Gasteiger partial charge in [-0.25, -0.2) is 0 Å². The van der Waals surface area contributed by atoms with Crippen LogP contribution in [0.3, 0.4) is 0 Å². The van der Waals surface area contributed by atoms with Gasteiger partial charge < -0.3 is 10.5 Å². The van der Waals surface area contributed by atoms with Crippen molar-refractivity contribution in [2.75, 3.05) is 6.61 Å². The van der Waals surface area contributed by atoms with Crippen molar-refractivity contribution in [3.8, 4) is 5.75 Å². The molecule has 0 unspecified atom stereocenters. The molecule has 0 atom stereocenters. The van der Waals surface area contributed by atoms with Crippen LogP contribution in [-0.4, -0.2) is 17.1 Å². The summed E-state index contributed by atoms with van der Waals surface area (Å²) in [7, 11) is 0. The Morgan fingerprint density at radius 2 is 2.00 bits per heavy atom. The summed E-state index contributed by atoms with van der Waals surface area (Å²) in [6.07, 6.45) is 0.775. The molecule has 0 saturated heterocycles. The summed E-state index contributed by atoms with van der Waals surface area (Å²) in [6, 6.07) is 8.15. The van der Waals surface area contributed by atoms with Gasteiger partial charge in [-0.15, -0.1) is 0 Å². The average molecular weight is 258 g/mol. The maximum Gasteiger partial charge on any atom is 0.120 e. The molecular weight excluding hydrogens is 236 g/mol. The molecule has 0 saturated carbocycles. The zero-order valence-corrected chi connectivity index (χ0v) is 12.2. The molecule has 0 aliphatic carbocycles. The predicted molar refractivity (Wildman–Crippen MR) is 79.6 cm³/mol. The van der Waals surface area contributed by atoms with Gasteiger partial charge >= 0.3 is 0 Å². The minimum Gasteiger partial charge on any atom is -0.494 e. The van der Waals surface area contributed by atoms with E-state index in [-0.39, 0.29) is 5.54 Å². The molecule has 2 N–H and O–H groups in total. The number of aryl methyl sites for hydroxylation is 1. The number of rotatable bonds is 4. The van der Waals surface area contributed by atoms with E-state index < -0.39 is 0 Å². The molecule has 0 fully saturated rings. The Morgan fingerprint density at radius 3 is 2.63 bits per heavy atom. The molecule has 0 spiro atoms. The first-order chi connectivity index (χ1) is 8.89. The van der Waals surface area contributed by atoms with Crippen LogP contribution in [0.2, 0.25) is 0 Å². The van der Waals surface area contributed by atoms with Gasteiger partial charge in [-0.3, -0.25) is 4.98 Å². The first-order valence-corrected chi connectivity index (χ1v) is 6.71. The molecule has 0 bridgehead atoms. The summed E-state index contributed by atoms with van der Waals surface area (Å²) in [5.41, 5.74) is 9.09. The highest BCUT2D eigenvalue weighted by Gasteiger charge is 2.14. The van der Waals surface area contributed by atoms with E-state index >= 15 is 0 Å². The molecule has 2 rings (SSSR count). The van der Waals surface area contributed by atoms with Gasteiger partial charge in [0.05, 0.1) is 12.1 Å². The van der Waals surface area contributed by atoms with Crippen LogP contribution in [0.1, 0.15) is 32.0 Å². The van der Waals surface area contributed by atoms with Gasteiger partial charge in [0.1, 0.15) is 5.75 Å². The fourth-order valence-electron chi connectivity index (χ4n) is 2.26. The van der Waals surface area contributed by atoms with Crippen LogP contribution < -0.4 is 10.5 Å². The van der Waals surface area contributed by atoms with Crippen molar-refractivity contribution >= 4 is 10.9 Å². The minimum atomic E-state index is -0.238. The van der Waals surface area contributed by atoms with E-state index in [1.807, 2.05) is 32.9 Å². The van der Waals surface area contributed by atoms with E-state index in [0.29, 0.717) is 6.61 Å². The summed E-state index contributed by atoms with van der Waals surface area (Å²) in [5.74, 6) is 0.895. The molecule has 3 heteroatoms. The maximum absolute atomic E-state index is 6.07. The minimum absolute atomic E-state index is 0.238. The van der Waals surface area contributed by atoms with Crippen LogP contribution in [0.15, 0.2) is 24.3 Å². The van der Waals surface area contributed by atoms with E-state index in [1.54, 1.807) is 0 Å². The number of hydrogen-bond acceptors (Lipinski definition) is 3. The summed E-state index contributed by atoms with van der Waals surface area (Å²) >= 11 is 0. The van der Waals surface area contributed by atoms with Crippen LogP contribution in [0.25, 0.3) is 10.9 Å². The number of nitrogens with zero attached hydrogens (tertiary/aromatic N) is 1. The highest BCUT2D eigenvalue weighted by molar-refractivity contribution is 5.83. The summed E-state index contributed by atoms with van der Waals surface area (Å²) < 4.78 is 5.53. The SMILES string of the molecule is CCOc1ccc2nc(CC(C)(C)N)cc(C)c2c1. The Balaban J connectivity index is 2.44. The zero-order valence-electron chi connectivity index (χ0n) is 12.2. The quantitative estimate of drug-likeness (QED) is 0.916. The number of benzene rings is 1. The molecular formula is C16H22N2O. The lowest BCUT2D eigenvalue weighted by Crippen LogP contribution is -2.34. The van der Waals surface area contributed by atoms with E-state index in [9.17, 15) is 0 Å². The lowest BCUT2D eigenvalue weighted by Gasteiger charge is -2.18. The van der Waals surface area contributed by atoms with Crippen molar-refractivity contribution < 1.29 is 4.74 Å². The smallest absolute Gasteiger partial charge is 0.120 e. The largest absolute Gasteiger partial charge is 0.494 e. The van der Waals surface area contributed by atoms with Crippen molar-refractivity contribution in [1.29, 1.82) is 0 Å². The van der Waals surface area contributed by atoms with Gasteiger partial charge in [0.2, 0.25) is 0 Å². The Morgan fingerprint density at radius 1 is 1.26 bits per heavy atom. The van der Waals surface area contributed by atoms with Crippen molar-refractivity contribution in [1.82, 2.24) is 4.98 Å². The Kier molecular flexibility index (Phi) is 3.76. The lowest BCUT2D eigenvalue weighted by molar-refractivity contribution is 0.340. The average Bonchev–Trinajstić information content (AvgIpc) is 2.28. The molecule has 1 aromatic carbocycles. The molecule has 19 heavy (non-hydrogen) atoms. The van der Waals surface area contributed by atoms with Gasteiger partial charge in [-0.2, -0.15) is 0 Å². The highest BCUT2D eigenvalue weighted by atomic mass is 16.5. The Labute approximate surface area is 114 Å². The van der Waals surface area contributed by atoms with E-state index in [1.165, 1.54) is 5.56 Å². The number of ether oxygens (including phenoxy) is 1. The number of hydrogen-bond donors (Lipinski definition) is 1. The molecule has 102 valence electrons. The van der Waals surface area contributed by atoms with Gasteiger partial charge in [-0.1, -0.05) is 0 Å². The van der Waals surface area contributed by atoms with Crippen molar-refractivity contribution in [2.45, 2.75) is 39.7 Å². The van der Waals surface area contributed by atoms with Gasteiger partial charge in [0.25, 0.3) is 0 Å². The molecule has 0 aliphatic heterocycles. The molecule has 0 radical (unpaired) electrons. The summed E-state index contributed by atoms with van der Waals surface area (Å²) in [5, 5.41) is 1.14. The van der Waals surface area contributed by atoms with Gasteiger partial charge in [-0.05, 0) is 57.5 Å². The Hall–Kier alpha value is -1.61. The van der Waals surface area contributed by atoms with Crippen molar-refractivity contribution in [3.63, 3.8) is 0 Å². The van der Waals surface area contributed by atoms with Gasteiger partial charge in [0.15, 0.2) is 0 Å². The van der Waals surface area contributed by atoms with E-state index in [0.717, 1.165) is 28.8 Å². The van der Waals surface area contributed by atoms with Gasteiger partial charge in [0, 0.05) is 23.0 Å². The third-order valence-corrected chi connectivity index (χ3v) is 2.99. The molecule has 1 aromatic heterocycles. The third kappa shape index (κ3) is 3.44. The standard InChI is InChI=1S/C16H22N2O/c1-5-19-13-6-7-15-14(9-13)11(2)8-12(18-15)10-16(3,4)17/h6-9H,5,10,17H2,1-4H3. The monoisotopic (exact) mass is 258 g/mol. The second kappa shape index (κ2) is 5.17. The van der Waals surface area contributed by atoms with E-state index in [4.69, 9.17) is 10.5 Å². The maximum atomic E-state index is 6.07. The molecule has 1 heterocycles. The Bertz CT molecular complexity index is 585. The first-order valence-electron chi connectivity index (χ1n) is 6.71. The summed E-state index contributed by atoms with van der Waals surface area (Å²) in [4.78, 5) is 4.69. The lowest BCUT2D eigenvalue weighted by atomic mass is 9.98. The topological polar surface area (TPSA) is 48.1 Å². The van der Waals surface area contributed by atoms with Crippen LogP contribution in [0.5, 0.6) is 5.75 Å². The number of fused-ring (bicyclic) bond motifs is 1. The fraction of sp³-hybridized carbons (Fsp3) is 0.438. The highest BCUT2D eigenvalue weighted by Crippen LogP contribution is 2.24. The van der Waals surface area contributed by atoms with Crippen LogP contribution in [0, 0.1) is 6.92 Å². The van der Waals surface area contributed by atoms with Crippen LogP contribution >= 0.6 is 0 Å². The second-order valence-corrected chi connectivity index (χ2v) is 5.71.